The maximum atomic E-state index is 12.4. The van der Waals surface area contributed by atoms with E-state index in [2.05, 4.69) is 46.9 Å². The van der Waals surface area contributed by atoms with Crippen LogP contribution in [0.3, 0.4) is 0 Å². The molecule has 1 aromatic carbocycles. The smallest absolute Gasteiger partial charge is 0.239 e. The van der Waals surface area contributed by atoms with Gasteiger partial charge in [-0.25, -0.2) is 0 Å². The summed E-state index contributed by atoms with van der Waals surface area (Å²) in [5.41, 5.74) is 2.49. The third kappa shape index (κ3) is 4.77. The third-order valence-corrected chi connectivity index (χ3v) is 4.80. The first-order valence-electron chi connectivity index (χ1n) is 9.31. The molecule has 1 aliphatic heterocycles. The Bertz CT molecular complexity index is 661. The highest BCUT2D eigenvalue weighted by atomic mass is 16.3. The number of phenols is 1. The van der Waals surface area contributed by atoms with Gasteiger partial charge in [0.1, 0.15) is 5.75 Å². The van der Waals surface area contributed by atoms with Gasteiger partial charge in [-0.05, 0) is 33.9 Å². The molecule has 1 aliphatic rings. The van der Waals surface area contributed by atoms with Gasteiger partial charge < -0.3 is 15.3 Å². The van der Waals surface area contributed by atoms with Crippen LogP contribution in [0.5, 0.6) is 5.75 Å². The Kier molecular flexibility index (Phi) is 5.69. The Morgan fingerprint density at radius 3 is 2.12 bits per heavy atom. The highest BCUT2D eigenvalue weighted by Gasteiger charge is 2.27. The maximum Gasteiger partial charge on any atom is 0.239 e. The van der Waals surface area contributed by atoms with Crippen LogP contribution in [0.2, 0.25) is 0 Å². The van der Waals surface area contributed by atoms with Crippen molar-refractivity contribution in [1.29, 1.82) is 0 Å². The lowest BCUT2D eigenvalue weighted by molar-refractivity contribution is -0.138. The van der Waals surface area contributed by atoms with Gasteiger partial charge in [-0.3, -0.25) is 9.59 Å². The van der Waals surface area contributed by atoms with E-state index in [9.17, 15) is 14.7 Å². The van der Waals surface area contributed by atoms with Gasteiger partial charge in [0, 0.05) is 19.5 Å². The largest absolute Gasteiger partial charge is 0.507 e. The van der Waals surface area contributed by atoms with Gasteiger partial charge in [0.2, 0.25) is 11.8 Å². The van der Waals surface area contributed by atoms with Crippen LogP contribution in [-0.2, 0) is 26.8 Å². The molecule has 5 heteroatoms. The van der Waals surface area contributed by atoms with Crippen LogP contribution in [0.15, 0.2) is 12.1 Å². The number of rotatable bonds is 3. The van der Waals surface area contributed by atoms with Crippen molar-refractivity contribution in [3.8, 4) is 5.75 Å². The van der Waals surface area contributed by atoms with E-state index in [1.54, 1.807) is 4.90 Å². The van der Waals surface area contributed by atoms with Crippen molar-refractivity contribution >= 4 is 11.8 Å². The van der Waals surface area contributed by atoms with Crippen LogP contribution < -0.4 is 5.32 Å². The molecule has 0 saturated carbocycles. The number of aromatic hydroxyl groups is 1. The summed E-state index contributed by atoms with van der Waals surface area (Å²) < 4.78 is 0. The molecule has 0 aromatic heterocycles. The van der Waals surface area contributed by atoms with Crippen molar-refractivity contribution in [2.75, 3.05) is 19.6 Å². The predicted octanol–water partition coefficient (Wildman–Crippen LogP) is 2.88. The second kappa shape index (κ2) is 7.29. The fourth-order valence-corrected chi connectivity index (χ4v) is 3.24. The number of benzene rings is 1. The first-order valence-corrected chi connectivity index (χ1v) is 9.31. The summed E-state index contributed by atoms with van der Waals surface area (Å²) in [6.45, 7) is 13.7. The third-order valence-electron chi connectivity index (χ3n) is 4.80. The summed E-state index contributed by atoms with van der Waals surface area (Å²) in [6.07, 6.45) is 0.967. The van der Waals surface area contributed by atoms with Gasteiger partial charge in [0.05, 0.1) is 6.54 Å². The van der Waals surface area contributed by atoms with Gasteiger partial charge in [-0.2, -0.15) is 0 Å². The Hall–Kier alpha value is -2.04. The van der Waals surface area contributed by atoms with Gasteiger partial charge >= 0.3 is 0 Å². The number of carbonyl (C=O) groups is 2. The summed E-state index contributed by atoms with van der Waals surface area (Å²) in [5, 5.41) is 13.5. The van der Waals surface area contributed by atoms with E-state index >= 15 is 0 Å². The molecule has 2 rings (SSSR count). The Labute approximate surface area is 156 Å². The normalized spacial score (nSPS) is 15.8. The molecule has 0 atom stereocenters. The summed E-state index contributed by atoms with van der Waals surface area (Å²) in [6, 6.07) is 4.03. The van der Waals surface area contributed by atoms with Crippen LogP contribution in [-0.4, -0.2) is 41.5 Å². The van der Waals surface area contributed by atoms with Gasteiger partial charge in [0.15, 0.2) is 0 Å². The average Bonchev–Trinajstić information content (AvgIpc) is 2.51. The van der Waals surface area contributed by atoms with Gasteiger partial charge in [-0.1, -0.05) is 53.7 Å². The van der Waals surface area contributed by atoms with Gasteiger partial charge in [0.25, 0.3) is 0 Å². The molecule has 1 saturated heterocycles. The van der Waals surface area contributed by atoms with Crippen molar-refractivity contribution in [2.45, 2.75) is 65.2 Å². The van der Waals surface area contributed by atoms with E-state index < -0.39 is 0 Å². The average molecular weight is 360 g/mol. The lowest BCUT2D eigenvalue weighted by atomic mass is 9.78. The van der Waals surface area contributed by atoms with Crippen LogP contribution in [0, 0.1) is 0 Å². The summed E-state index contributed by atoms with van der Waals surface area (Å²) in [7, 11) is 0. The molecule has 2 amide bonds. The minimum absolute atomic E-state index is 0.00235. The molecule has 1 aromatic rings. The Morgan fingerprint density at radius 2 is 1.65 bits per heavy atom. The molecule has 26 heavy (non-hydrogen) atoms. The van der Waals surface area contributed by atoms with Crippen LogP contribution in [0.25, 0.3) is 0 Å². The molecule has 0 spiro atoms. The molecule has 2 N–H and O–H groups in total. The van der Waals surface area contributed by atoms with Gasteiger partial charge in [-0.15, -0.1) is 0 Å². The molecule has 1 fully saturated rings. The van der Waals surface area contributed by atoms with Crippen molar-refractivity contribution in [1.82, 2.24) is 10.2 Å². The van der Waals surface area contributed by atoms with Crippen molar-refractivity contribution in [2.24, 2.45) is 0 Å². The number of phenolic OH excluding ortho intramolecular Hbond substituents is 1. The van der Waals surface area contributed by atoms with Crippen LogP contribution in [0.1, 0.15) is 64.7 Å². The fourth-order valence-electron chi connectivity index (χ4n) is 3.24. The van der Waals surface area contributed by atoms with E-state index in [-0.39, 0.29) is 29.2 Å². The summed E-state index contributed by atoms with van der Waals surface area (Å²) in [4.78, 5) is 25.5. The number of hydrogen-bond donors (Lipinski definition) is 2. The molecule has 0 bridgehead atoms. The minimum Gasteiger partial charge on any atom is -0.507 e. The van der Waals surface area contributed by atoms with E-state index in [0.717, 1.165) is 16.7 Å². The zero-order valence-corrected chi connectivity index (χ0v) is 16.9. The zero-order valence-electron chi connectivity index (χ0n) is 16.9. The number of hydrogen-bond acceptors (Lipinski definition) is 3. The predicted molar refractivity (Wildman–Crippen MR) is 103 cm³/mol. The van der Waals surface area contributed by atoms with E-state index in [1.807, 2.05) is 12.1 Å². The number of carbonyl (C=O) groups excluding carboxylic acids is 2. The molecule has 144 valence electrons. The first kappa shape index (κ1) is 20.3. The Morgan fingerprint density at radius 1 is 1.12 bits per heavy atom. The van der Waals surface area contributed by atoms with Crippen molar-refractivity contribution < 1.29 is 14.7 Å². The molecular weight excluding hydrogens is 328 g/mol. The second-order valence-corrected chi connectivity index (χ2v) is 9.20. The molecular formula is C21H32N2O3. The highest BCUT2D eigenvalue weighted by Crippen LogP contribution is 2.40. The highest BCUT2D eigenvalue weighted by molar-refractivity contribution is 5.86. The van der Waals surface area contributed by atoms with Crippen LogP contribution in [0.4, 0.5) is 0 Å². The Balaban J connectivity index is 2.23. The number of amides is 2. The van der Waals surface area contributed by atoms with E-state index in [4.69, 9.17) is 0 Å². The number of piperazine rings is 1. The van der Waals surface area contributed by atoms with Crippen molar-refractivity contribution in [3.05, 3.63) is 28.8 Å². The summed E-state index contributed by atoms with van der Waals surface area (Å²) in [5.74, 6) is 0.259. The van der Waals surface area contributed by atoms with Crippen molar-refractivity contribution in [3.63, 3.8) is 0 Å². The standard InChI is InChI=1S/C21H32N2O3/c1-20(2,3)15-11-14(12-16(19(15)26)21(4,5)6)7-8-18(25)23-10-9-22-17(24)13-23/h11-12,26H,7-10,13H2,1-6H3,(H,22,24). The molecule has 0 aliphatic carbocycles. The molecule has 0 unspecified atom stereocenters. The SMILES string of the molecule is CC(C)(C)c1cc(CCC(=O)N2CCNC(=O)C2)cc(C(C)(C)C)c1O. The topological polar surface area (TPSA) is 69.6 Å². The number of aryl methyl sites for hydroxylation is 1. The fraction of sp³-hybridized carbons (Fsp3) is 0.619. The lowest BCUT2D eigenvalue weighted by Gasteiger charge is -2.29. The minimum atomic E-state index is -0.185. The van der Waals surface area contributed by atoms with Crippen LogP contribution >= 0.6 is 0 Å². The maximum absolute atomic E-state index is 12.4. The number of nitrogens with zero attached hydrogens (tertiary/aromatic N) is 1. The monoisotopic (exact) mass is 360 g/mol. The molecule has 1 heterocycles. The quantitative estimate of drug-likeness (QED) is 0.871. The summed E-state index contributed by atoms with van der Waals surface area (Å²) >= 11 is 0. The molecule has 5 nitrogen and oxygen atoms in total. The first-order chi connectivity index (χ1) is 11.9. The molecule has 0 radical (unpaired) electrons. The van der Waals surface area contributed by atoms with E-state index in [0.29, 0.717) is 31.7 Å². The van der Waals surface area contributed by atoms with E-state index in [1.165, 1.54) is 0 Å². The lowest BCUT2D eigenvalue weighted by Crippen LogP contribution is -2.50. The second-order valence-electron chi connectivity index (χ2n) is 9.20. The number of nitrogens with one attached hydrogen (secondary N) is 1. The zero-order chi connectivity index (χ0) is 19.7.